The predicted octanol–water partition coefficient (Wildman–Crippen LogP) is 2.29. The summed E-state index contributed by atoms with van der Waals surface area (Å²) in [5.74, 6) is 0.543. The number of carbonyl (C=O) groups excluding carboxylic acids is 1. The van der Waals surface area contributed by atoms with Gasteiger partial charge in [0.05, 0.1) is 36.4 Å². The molecule has 1 fully saturated rings. The first-order chi connectivity index (χ1) is 12.8. The van der Waals surface area contributed by atoms with Crippen LogP contribution in [-0.2, 0) is 22.4 Å². The highest BCUT2D eigenvalue weighted by atomic mass is 16.5. The third-order valence-corrected chi connectivity index (χ3v) is 5.40. The minimum Gasteiger partial charge on any atom is -0.472 e. The molecule has 0 unspecified atom stereocenters. The van der Waals surface area contributed by atoms with E-state index >= 15 is 0 Å². The zero-order chi connectivity index (χ0) is 17.9. The number of fused-ring (bicyclic) bond motifs is 1. The van der Waals surface area contributed by atoms with Crippen LogP contribution < -0.4 is 0 Å². The summed E-state index contributed by atoms with van der Waals surface area (Å²) in [5.41, 5.74) is 2.90. The standard InChI is InChI=1S/C19H25N3O4/c1-24-13-17-18-15(2-6-21(17)19(23)16-5-9-26-12-16)10-20-22(18)11-14-3-7-25-8-4-14/h5,9-10,12,14,17H,2-4,6-8,11,13H2,1H3/t17-/m0/s1. The molecule has 140 valence electrons. The molecule has 1 saturated heterocycles. The highest BCUT2D eigenvalue weighted by Gasteiger charge is 2.35. The summed E-state index contributed by atoms with van der Waals surface area (Å²) in [6.07, 6.45) is 7.91. The molecule has 26 heavy (non-hydrogen) atoms. The minimum absolute atomic E-state index is 0.0229. The van der Waals surface area contributed by atoms with Crippen molar-refractivity contribution in [3.05, 3.63) is 41.6 Å². The Morgan fingerprint density at radius 3 is 2.96 bits per heavy atom. The van der Waals surface area contributed by atoms with Gasteiger partial charge in [-0.25, -0.2) is 0 Å². The van der Waals surface area contributed by atoms with E-state index in [1.54, 1.807) is 13.2 Å². The summed E-state index contributed by atoms with van der Waals surface area (Å²) in [5, 5.41) is 4.64. The zero-order valence-corrected chi connectivity index (χ0v) is 15.1. The van der Waals surface area contributed by atoms with Crippen molar-refractivity contribution in [3.63, 3.8) is 0 Å². The maximum Gasteiger partial charge on any atom is 0.257 e. The number of ether oxygens (including phenoxy) is 2. The fraction of sp³-hybridized carbons (Fsp3) is 0.579. The molecule has 0 aromatic carbocycles. The molecule has 7 nitrogen and oxygen atoms in total. The van der Waals surface area contributed by atoms with E-state index < -0.39 is 0 Å². The van der Waals surface area contributed by atoms with Crippen LogP contribution in [0.4, 0.5) is 0 Å². The Bertz CT molecular complexity index is 734. The maximum atomic E-state index is 12.9. The number of nitrogens with zero attached hydrogens (tertiary/aromatic N) is 3. The maximum absolute atomic E-state index is 12.9. The van der Waals surface area contributed by atoms with Gasteiger partial charge in [-0.1, -0.05) is 0 Å². The first-order valence-corrected chi connectivity index (χ1v) is 9.22. The van der Waals surface area contributed by atoms with Crippen LogP contribution in [0.3, 0.4) is 0 Å². The number of hydrogen-bond donors (Lipinski definition) is 0. The second-order valence-electron chi connectivity index (χ2n) is 7.02. The monoisotopic (exact) mass is 359 g/mol. The summed E-state index contributed by atoms with van der Waals surface area (Å²) in [4.78, 5) is 14.8. The molecule has 7 heteroatoms. The molecule has 1 amide bonds. The molecule has 0 N–H and O–H groups in total. The Morgan fingerprint density at radius 1 is 1.38 bits per heavy atom. The van der Waals surface area contributed by atoms with E-state index in [4.69, 9.17) is 13.9 Å². The SMILES string of the molecule is COC[C@H]1c2c(cnn2CC2CCOCC2)CCN1C(=O)c1ccoc1. The largest absolute Gasteiger partial charge is 0.472 e. The van der Waals surface area contributed by atoms with Crippen LogP contribution in [0.25, 0.3) is 0 Å². The Hall–Kier alpha value is -2.12. The van der Waals surface area contributed by atoms with Gasteiger partial charge in [-0.3, -0.25) is 9.48 Å². The van der Waals surface area contributed by atoms with Gasteiger partial charge in [-0.15, -0.1) is 0 Å². The number of carbonyl (C=O) groups is 1. The van der Waals surface area contributed by atoms with Gasteiger partial charge < -0.3 is 18.8 Å². The van der Waals surface area contributed by atoms with Gasteiger partial charge in [0.25, 0.3) is 5.91 Å². The average molecular weight is 359 g/mol. The quantitative estimate of drug-likeness (QED) is 0.819. The van der Waals surface area contributed by atoms with Crippen LogP contribution >= 0.6 is 0 Å². The van der Waals surface area contributed by atoms with Crippen molar-refractivity contribution in [1.29, 1.82) is 0 Å². The number of methoxy groups -OCH3 is 1. The van der Waals surface area contributed by atoms with Crippen molar-refractivity contribution in [2.75, 3.05) is 33.5 Å². The van der Waals surface area contributed by atoms with Gasteiger partial charge in [0, 0.05) is 33.4 Å². The second-order valence-corrected chi connectivity index (χ2v) is 7.02. The van der Waals surface area contributed by atoms with E-state index in [9.17, 15) is 4.79 Å². The third kappa shape index (κ3) is 3.29. The van der Waals surface area contributed by atoms with Gasteiger partial charge in [0.15, 0.2) is 0 Å². The first-order valence-electron chi connectivity index (χ1n) is 9.22. The molecule has 2 aromatic heterocycles. The van der Waals surface area contributed by atoms with Crippen molar-refractivity contribution >= 4 is 5.91 Å². The molecule has 2 aliphatic heterocycles. The molecular formula is C19H25N3O4. The Kier molecular flexibility index (Phi) is 5.08. The lowest BCUT2D eigenvalue weighted by Crippen LogP contribution is -2.43. The van der Waals surface area contributed by atoms with Crippen LogP contribution in [-0.4, -0.2) is 54.1 Å². The number of amides is 1. The van der Waals surface area contributed by atoms with E-state index in [0.29, 0.717) is 24.6 Å². The molecule has 0 saturated carbocycles. The fourth-order valence-corrected chi connectivity index (χ4v) is 4.00. The summed E-state index contributed by atoms with van der Waals surface area (Å²) in [6.45, 7) is 3.62. The minimum atomic E-state index is -0.131. The molecule has 4 heterocycles. The molecule has 0 spiro atoms. The van der Waals surface area contributed by atoms with Crippen LogP contribution in [0.15, 0.2) is 29.2 Å². The number of aromatic nitrogens is 2. The molecular weight excluding hydrogens is 334 g/mol. The second kappa shape index (κ2) is 7.63. The van der Waals surface area contributed by atoms with Crippen molar-refractivity contribution in [1.82, 2.24) is 14.7 Å². The molecule has 4 rings (SSSR count). The van der Waals surface area contributed by atoms with Gasteiger partial charge in [0.2, 0.25) is 0 Å². The number of furan rings is 1. The van der Waals surface area contributed by atoms with Gasteiger partial charge in [-0.05, 0) is 36.8 Å². The summed E-state index contributed by atoms with van der Waals surface area (Å²) >= 11 is 0. The third-order valence-electron chi connectivity index (χ3n) is 5.40. The summed E-state index contributed by atoms with van der Waals surface area (Å²) < 4.78 is 18.1. The summed E-state index contributed by atoms with van der Waals surface area (Å²) in [7, 11) is 1.67. The fourth-order valence-electron chi connectivity index (χ4n) is 4.00. The molecule has 2 aliphatic rings. The van der Waals surface area contributed by atoms with E-state index in [1.165, 1.54) is 18.1 Å². The molecule has 2 aromatic rings. The molecule has 0 bridgehead atoms. The molecule has 1 atom stereocenters. The van der Waals surface area contributed by atoms with Crippen molar-refractivity contribution in [2.45, 2.75) is 31.8 Å². The zero-order valence-electron chi connectivity index (χ0n) is 15.1. The molecule has 0 radical (unpaired) electrons. The van der Waals surface area contributed by atoms with E-state index in [-0.39, 0.29) is 11.9 Å². The molecule has 0 aliphatic carbocycles. The number of hydrogen-bond acceptors (Lipinski definition) is 5. The van der Waals surface area contributed by atoms with Gasteiger partial charge in [-0.2, -0.15) is 5.10 Å². The average Bonchev–Trinajstić information content (AvgIpc) is 3.33. The summed E-state index contributed by atoms with van der Waals surface area (Å²) in [6, 6.07) is 1.58. The topological polar surface area (TPSA) is 69.7 Å². The lowest BCUT2D eigenvalue weighted by atomic mass is 9.97. The van der Waals surface area contributed by atoms with E-state index in [2.05, 4.69) is 9.78 Å². The Morgan fingerprint density at radius 2 is 2.23 bits per heavy atom. The van der Waals surface area contributed by atoms with Gasteiger partial charge >= 0.3 is 0 Å². The number of rotatable bonds is 5. The van der Waals surface area contributed by atoms with Crippen molar-refractivity contribution in [3.8, 4) is 0 Å². The van der Waals surface area contributed by atoms with Crippen LogP contribution in [0.5, 0.6) is 0 Å². The van der Waals surface area contributed by atoms with Crippen LogP contribution in [0.1, 0.15) is 40.5 Å². The van der Waals surface area contributed by atoms with Crippen LogP contribution in [0.2, 0.25) is 0 Å². The highest BCUT2D eigenvalue weighted by Crippen LogP contribution is 2.32. The first kappa shape index (κ1) is 17.3. The smallest absolute Gasteiger partial charge is 0.257 e. The van der Waals surface area contributed by atoms with Gasteiger partial charge in [0.1, 0.15) is 6.26 Å². The van der Waals surface area contributed by atoms with Crippen LogP contribution in [0, 0.1) is 5.92 Å². The Balaban J connectivity index is 1.61. The van der Waals surface area contributed by atoms with E-state index in [0.717, 1.165) is 44.7 Å². The van der Waals surface area contributed by atoms with E-state index in [1.807, 2.05) is 11.1 Å². The lowest BCUT2D eigenvalue weighted by Gasteiger charge is -2.36. The van der Waals surface area contributed by atoms with Crippen molar-refractivity contribution in [2.24, 2.45) is 5.92 Å². The normalized spacial score (nSPS) is 21.0. The highest BCUT2D eigenvalue weighted by molar-refractivity contribution is 5.94. The predicted molar refractivity (Wildman–Crippen MR) is 93.8 cm³/mol. The Labute approximate surface area is 152 Å². The lowest BCUT2D eigenvalue weighted by molar-refractivity contribution is 0.0455. The van der Waals surface area contributed by atoms with Crippen molar-refractivity contribution < 1.29 is 18.7 Å².